The Hall–Kier alpha value is -0.110. The van der Waals surface area contributed by atoms with Crippen LogP contribution in [-0.2, 0) is 28.3 Å². The van der Waals surface area contributed by atoms with Crippen molar-refractivity contribution in [2.75, 3.05) is 40.3 Å². The molecule has 0 aliphatic carbocycles. The van der Waals surface area contributed by atoms with E-state index in [9.17, 15) is 0 Å². The Balaban J connectivity index is 3.80. The monoisotopic (exact) mass is 272 g/mol. The molecule has 0 spiro atoms. The van der Waals surface area contributed by atoms with Crippen LogP contribution in [0.2, 0.25) is 0 Å². The average Bonchev–Trinajstić information content (AvgIpc) is 2.43. The van der Waals surface area contributed by atoms with E-state index in [2.05, 4.69) is 9.31 Å². The molecule has 0 amide bonds. The third kappa shape index (κ3) is 11.4. The molecule has 4 radical (unpaired) electrons. The Kier molecular flexibility index (Phi) is 12.8. The first-order chi connectivity index (χ1) is 9.13. The number of ether oxygens (including phenoxy) is 4. The summed E-state index contributed by atoms with van der Waals surface area (Å²) in [6.45, 7) is 5.26. The Bertz CT molecular complexity index is 182. The predicted molar refractivity (Wildman–Crippen MR) is 71.0 cm³/mol. The lowest BCUT2D eigenvalue weighted by atomic mass is 10.3. The van der Waals surface area contributed by atoms with E-state index in [-0.39, 0.29) is 25.1 Å². The van der Waals surface area contributed by atoms with Gasteiger partial charge in [-0.25, -0.2) is 0 Å². The van der Waals surface area contributed by atoms with Crippen LogP contribution in [0.1, 0.15) is 13.8 Å². The Labute approximate surface area is 117 Å². The fourth-order valence-corrected chi connectivity index (χ4v) is 1.12. The molecule has 8 heteroatoms. The molecule has 0 bridgehead atoms. The maximum atomic E-state index is 5.41. The summed E-state index contributed by atoms with van der Waals surface area (Å²) in [6, 6.07) is 0. The summed E-state index contributed by atoms with van der Waals surface area (Å²) in [6.07, 6.45) is -0.584. The van der Waals surface area contributed by atoms with Crippen LogP contribution in [0.25, 0.3) is 0 Å². The van der Waals surface area contributed by atoms with Gasteiger partial charge in [0, 0.05) is 7.11 Å². The third-order valence-electron chi connectivity index (χ3n) is 2.20. The second kappa shape index (κ2) is 12.9. The van der Waals surface area contributed by atoms with Crippen LogP contribution in [-0.4, -0.2) is 74.7 Å². The van der Waals surface area contributed by atoms with Gasteiger partial charge < -0.3 is 28.3 Å². The van der Waals surface area contributed by atoms with Gasteiger partial charge in [-0.15, -0.1) is 0 Å². The summed E-state index contributed by atoms with van der Waals surface area (Å²) in [5, 5.41) is 0. The highest BCUT2D eigenvalue weighted by molar-refractivity contribution is 5.98. The van der Waals surface area contributed by atoms with E-state index in [1.807, 2.05) is 13.8 Å². The summed E-state index contributed by atoms with van der Waals surface area (Å²) >= 11 is 0. The van der Waals surface area contributed by atoms with Crippen LogP contribution in [0, 0.1) is 0 Å². The molecule has 19 heavy (non-hydrogen) atoms. The van der Waals surface area contributed by atoms with Crippen molar-refractivity contribution >= 4 is 16.1 Å². The molecule has 0 aromatic rings. The Morgan fingerprint density at radius 1 is 0.842 bits per heavy atom. The molecule has 0 fully saturated rings. The molecule has 0 aliphatic heterocycles. The maximum absolute atomic E-state index is 5.41. The van der Waals surface area contributed by atoms with E-state index in [1.165, 1.54) is 0 Å². The minimum Gasteiger partial charge on any atom is -0.443 e. The number of hydrogen-bond acceptors (Lipinski definition) is 6. The molecule has 0 saturated carbocycles. The highest BCUT2D eigenvalue weighted by Gasteiger charge is 2.12. The molecule has 108 valence electrons. The minimum absolute atomic E-state index is 0.170. The fraction of sp³-hybridized carbons (Fsp3) is 1.00. The van der Waals surface area contributed by atoms with E-state index >= 15 is 0 Å². The number of methoxy groups -OCH3 is 1. The van der Waals surface area contributed by atoms with Gasteiger partial charge in [-0.3, -0.25) is 0 Å². The van der Waals surface area contributed by atoms with E-state index < -0.39 is 0 Å². The summed E-state index contributed by atoms with van der Waals surface area (Å²) in [5.41, 5.74) is 0. The third-order valence-corrected chi connectivity index (χ3v) is 2.20. The van der Waals surface area contributed by atoms with E-state index in [1.54, 1.807) is 7.11 Å². The van der Waals surface area contributed by atoms with Gasteiger partial charge in [0.1, 0.15) is 12.9 Å². The summed E-state index contributed by atoms with van der Waals surface area (Å²) in [4.78, 5) is 0. The van der Waals surface area contributed by atoms with Crippen molar-refractivity contribution in [3.8, 4) is 0 Å². The molecule has 0 N–H and O–H groups in total. The topological polar surface area (TPSA) is 55.4 Å². The van der Waals surface area contributed by atoms with Crippen LogP contribution in [0.15, 0.2) is 0 Å². The van der Waals surface area contributed by atoms with Gasteiger partial charge in [0.05, 0.1) is 38.6 Å². The van der Waals surface area contributed by atoms with E-state index in [0.717, 1.165) is 0 Å². The first kappa shape index (κ1) is 18.9. The lowest BCUT2D eigenvalue weighted by Crippen LogP contribution is -2.30. The van der Waals surface area contributed by atoms with Crippen molar-refractivity contribution in [1.82, 2.24) is 0 Å². The van der Waals surface area contributed by atoms with Crippen LogP contribution >= 0.6 is 0 Å². The largest absolute Gasteiger partial charge is 0.443 e. The standard InChI is InChI=1S/C11H22B2O6/c1-9(18-12)4-15-6-11(17-8-14-3)7-16-5-10(2)19-13/h9-11H,4-8H2,1-3H3. The number of rotatable bonds is 13. The second-order valence-electron chi connectivity index (χ2n) is 4.16. The van der Waals surface area contributed by atoms with Gasteiger partial charge in [0.15, 0.2) is 0 Å². The normalized spacial score (nSPS) is 16.2. The molecule has 0 rings (SSSR count). The highest BCUT2D eigenvalue weighted by atomic mass is 16.7. The first-order valence-corrected chi connectivity index (χ1v) is 6.11. The number of hydrogen-bond donors (Lipinski definition) is 0. The molecule has 2 atom stereocenters. The molecule has 0 aromatic heterocycles. The van der Waals surface area contributed by atoms with E-state index in [0.29, 0.717) is 26.4 Å². The zero-order valence-corrected chi connectivity index (χ0v) is 11.9. The van der Waals surface area contributed by atoms with Crippen LogP contribution in [0.4, 0.5) is 0 Å². The van der Waals surface area contributed by atoms with Gasteiger partial charge >= 0.3 is 0 Å². The van der Waals surface area contributed by atoms with Crippen LogP contribution in [0.5, 0.6) is 0 Å². The average molecular weight is 272 g/mol. The molecular weight excluding hydrogens is 250 g/mol. The van der Waals surface area contributed by atoms with Gasteiger partial charge in [-0.2, -0.15) is 0 Å². The van der Waals surface area contributed by atoms with Crippen molar-refractivity contribution in [3.05, 3.63) is 0 Å². The lowest BCUT2D eigenvalue weighted by Gasteiger charge is -2.20. The van der Waals surface area contributed by atoms with Crippen LogP contribution < -0.4 is 0 Å². The summed E-state index contributed by atoms with van der Waals surface area (Å²) in [5.74, 6) is 0. The van der Waals surface area contributed by atoms with Gasteiger partial charge in [0.2, 0.25) is 0 Å². The van der Waals surface area contributed by atoms with Crippen molar-refractivity contribution in [1.29, 1.82) is 0 Å². The lowest BCUT2D eigenvalue weighted by molar-refractivity contribution is -0.126. The van der Waals surface area contributed by atoms with Crippen LogP contribution in [0.3, 0.4) is 0 Å². The van der Waals surface area contributed by atoms with E-state index in [4.69, 9.17) is 35.0 Å². The maximum Gasteiger partial charge on any atom is 0.283 e. The fourth-order valence-electron chi connectivity index (χ4n) is 1.12. The first-order valence-electron chi connectivity index (χ1n) is 6.11. The molecule has 0 aliphatic rings. The zero-order chi connectivity index (χ0) is 14.5. The van der Waals surface area contributed by atoms with Crippen molar-refractivity contribution in [3.63, 3.8) is 0 Å². The van der Waals surface area contributed by atoms with Crippen molar-refractivity contribution < 1.29 is 28.3 Å². The highest BCUT2D eigenvalue weighted by Crippen LogP contribution is 1.99. The van der Waals surface area contributed by atoms with Crippen molar-refractivity contribution in [2.24, 2.45) is 0 Å². The second-order valence-corrected chi connectivity index (χ2v) is 4.16. The molecule has 2 unspecified atom stereocenters. The summed E-state index contributed by atoms with van der Waals surface area (Å²) < 4.78 is 30.2. The smallest absolute Gasteiger partial charge is 0.283 e. The molecule has 6 nitrogen and oxygen atoms in total. The molecule has 0 heterocycles. The summed E-state index contributed by atoms with van der Waals surface area (Å²) in [7, 11) is 11.6. The van der Waals surface area contributed by atoms with Crippen molar-refractivity contribution in [2.45, 2.75) is 32.2 Å². The molecular formula is C11H22B2O6. The van der Waals surface area contributed by atoms with Gasteiger partial charge in [0.25, 0.3) is 16.1 Å². The Morgan fingerprint density at radius 2 is 1.32 bits per heavy atom. The predicted octanol–water partition coefficient (Wildman–Crippen LogP) is -0.0141. The Morgan fingerprint density at radius 3 is 1.68 bits per heavy atom. The zero-order valence-electron chi connectivity index (χ0n) is 11.9. The molecule has 0 saturated heterocycles. The van der Waals surface area contributed by atoms with Gasteiger partial charge in [-0.05, 0) is 13.8 Å². The quantitative estimate of drug-likeness (QED) is 0.347. The SMILES string of the molecule is [B]OC(C)COCC(COCC(C)O[B])OCOC. The van der Waals surface area contributed by atoms with Gasteiger partial charge in [-0.1, -0.05) is 0 Å². The minimum atomic E-state index is -0.241. The molecule has 0 aromatic carbocycles.